The smallest absolute Gasteiger partial charge is 0.251 e. The molecule has 2 aromatic carbocycles. The lowest BCUT2D eigenvalue weighted by molar-refractivity contribution is -0.121. The summed E-state index contributed by atoms with van der Waals surface area (Å²) < 4.78 is 15.8. The molecule has 0 fully saturated rings. The van der Waals surface area contributed by atoms with E-state index >= 15 is 0 Å². The van der Waals surface area contributed by atoms with Crippen molar-refractivity contribution < 1.29 is 19.1 Å². The van der Waals surface area contributed by atoms with Gasteiger partial charge >= 0.3 is 0 Å². The predicted molar refractivity (Wildman–Crippen MR) is 119 cm³/mol. The zero-order valence-electron chi connectivity index (χ0n) is 18.0. The van der Waals surface area contributed by atoms with Crippen molar-refractivity contribution in [1.82, 2.24) is 15.1 Å². The van der Waals surface area contributed by atoms with Crippen LogP contribution in [-0.2, 0) is 23.2 Å². The number of carbonyl (C=O) groups is 2. The summed E-state index contributed by atoms with van der Waals surface area (Å²) in [6.45, 7) is 1.76. The van der Waals surface area contributed by atoms with Crippen molar-refractivity contribution in [2.75, 3.05) is 11.9 Å². The molecule has 164 valence electrons. The molecule has 1 aromatic heterocycles. The number of hydrogen-bond acceptors (Lipinski definition) is 4. The zero-order valence-corrected chi connectivity index (χ0v) is 18.0. The summed E-state index contributed by atoms with van der Waals surface area (Å²) in [5.41, 5.74) is 3.52. The second-order valence-corrected chi connectivity index (χ2v) is 7.78. The Hall–Kier alpha value is -3.94. The van der Waals surface area contributed by atoms with Crippen LogP contribution in [-0.4, -0.2) is 33.7 Å². The number of aliphatic hydroxyl groups excluding tert-OH is 1. The Bertz CT molecular complexity index is 1260. The van der Waals surface area contributed by atoms with E-state index in [0.717, 1.165) is 11.1 Å². The van der Waals surface area contributed by atoms with Gasteiger partial charge in [-0.05, 0) is 41.8 Å². The van der Waals surface area contributed by atoms with E-state index in [1.54, 1.807) is 55.2 Å². The third-order valence-corrected chi connectivity index (χ3v) is 5.57. The molecule has 0 spiro atoms. The van der Waals surface area contributed by atoms with Gasteiger partial charge in [-0.2, -0.15) is 5.10 Å². The second kappa shape index (κ2) is 8.30. The van der Waals surface area contributed by atoms with Gasteiger partial charge in [-0.1, -0.05) is 18.2 Å². The number of nitrogens with one attached hydrogen (secondary N) is 1. The molecule has 0 radical (unpaired) electrons. The molecule has 2 heterocycles. The SMILES string of the molecule is CNC(=O)C1=C(O)c2ccc(-c3cnn(C)c3)cc2N(Cc2ccc(C)c(F)c2)C(=O)C1. The van der Waals surface area contributed by atoms with E-state index in [1.807, 2.05) is 6.20 Å². The molecule has 0 saturated carbocycles. The fraction of sp³-hybridized carbons (Fsp3) is 0.208. The Morgan fingerprint density at radius 1 is 1.22 bits per heavy atom. The highest BCUT2D eigenvalue weighted by Gasteiger charge is 2.31. The van der Waals surface area contributed by atoms with Gasteiger partial charge in [0.1, 0.15) is 11.6 Å². The fourth-order valence-electron chi connectivity index (χ4n) is 3.76. The van der Waals surface area contributed by atoms with Gasteiger partial charge in [0, 0.05) is 31.4 Å². The Kier molecular flexibility index (Phi) is 5.52. The Labute approximate surface area is 184 Å². The number of likely N-dealkylation sites (N-methyl/N-ethyl adjacent to an activating group) is 1. The van der Waals surface area contributed by atoms with Crippen LogP contribution in [0.4, 0.5) is 10.1 Å². The summed E-state index contributed by atoms with van der Waals surface area (Å²) in [6.07, 6.45) is 3.26. The van der Waals surface area contributed by atoms with Crippen molar-refractivity contribution in [3.63, 3.8) is 0 Å². The summed E-state index contributed by atoms with van der Waals surface area (Å²) in [6, 6.07) is 10.1. The number of aliphatic hydroxyl groups is 1. The van der Waals surface area contributed by atoms with Crippen molar-refractivity contribution in [2.24, 2.45) is 7.05 Å². The van der Waals surface area contributed by atoms with Crippen LogP contribution in [0, 0.1) is 12.7 Å². The normalized spacial score (nSPS) is 13.8. The maximum absolute atomic E-state index is 14.2. The average Bonchev–Trinajstić information content (AvgIpc) is 3.19. The first-order valence-electron chi connectivity index (χ1n) is 10.1. The van der Waals surface area contributed by atoms with Gasteiger partial charge in [0.05, 0.1) is 30.4 Å². The lowest BCUT2D eigenvalue weighted by Crippen LogP contribution is -2.31. The van der Waals surface area contributed by atoms with E-state index in [2.05, 4.69) is 10.4 Å². The molecule has 32 heavy (non-hydrogen) atoms. The number of benzene rings is 2. The first-order chi connectivity index (χ1) is 15.3. The quantitative estimate of drug-likeness (QED) is 0.658. The van der Waals surface area contributed by atoms with E-state index in [1.165, 1.54) is 18.0 Å². The van der Waals surface area contributed by atoms with Crippen LogP contribution < -0.4 is 10.2 Å². The fourth-order valence-corrected chi connectivity index (χ4v) is 3.76. The van der Waals surface area contributed by atoms with Gasteiger partial charge in [0.2, 0.25) is 5.91 Å². The Balaban J connectivity index is 1.86. The highest BCUT2D eigenvalue weighted by molar-refractivity contribution is 6.10. The minimum atomic E-state index is -0.527. The number of aryl methyl sites for hydroxylation is 2. The van der Waals surface area contributed by atoms with Crippen LogP contribution in [0.3, 0.4) is 0 Å². The molecule has 3 aromatic rings. The molecule has 0 saturated heterocycles. The topological polar surface area (TPSA) is 87.5 Å². The monoisotopic (exact) mass is 434 g/mol. The van der Waals surface area contributed by atoms with Crippen LogP contribution in [0.25, 0.3) is 16.9 Å². The Morgan fingerprint density at radius 2 is 2.00 bits per heavy atom. The number of amides is 2. The maximum atomic E-state index is 14.2. The molecule has 1 aliphatic rings. The average molecular weight is 434 g/mol. The zero-order chi connectivity index (χ0) is 23.0. The number of anilines is 1. The van der Waals surface area contributed by atoms with Crippen LogP contribution >= 0.6 is 0 Å². The van der Waals surface area contributed by atoms with Crippen molar-refractivity contribution >= 4 is 23.3 Å². The van der Waals surface area contributed by atoms with Gasteiger partial charge in [-0.3, -0.25) is 14.3 Å². The minimum absolute atomic E-state index is 0.00883. The Morgan fingerprint density at radius 3 is 2.66 bits per heavy atom. The summed E-state index contributed by atoms with van der Waals surface area (Å²) in [7, 11) is 3.25. The molecule has 2 amide bonds. The third kappa shape index (κ3) is 3.87. The van der Waals surface area contributed by atoms with E-state index in [9.17, 15) is 19.1 Å². The lowest BCUT2D eigenvalue weighted by atomic mass is 10.0. The van der Waals surface area contributed by atoms with Crippen LogP contribution in [0.15, 0.2) is 54.4 Å². The number of hydrogen-bond donors (Lipinski definition) is 2. The van der Waals surface area contributed by atoms with Gasteiger partial charge in [-0.15, -0.1) is 0 Å². The molecular weight excluding hydrogens is 411 g/mol. The van der Waals surface area contributed by atoms with Crippen molar-refractivity contribution in [1.29, 1.82) is 0 Å². The highest BCUT2D eigenvalue weighted by Crippen LogP contribution is 2.37. The van der Waals surface area contributed by atoms with Gasteiger partial charge < -0.3 is 15.3 Å². The van der Waals surface area contributed by atoms with E-state index in [0.29, 0.717) is 22.4 Å². The number of fused-ring (bicyclic) bond motifs is 1. The molecule has 0 aliphatic carbocycles. The van der Waals surface area contributed by atoms with Crippen LogP contribution in [0.1, 0.15) is 23.1 Å². The molecule has 0 bridgehead atoms. The summed E-state index contributed by atoms with van der Waals surface area (Å²) >= 11 is 0. The van der Waals surface area contributed by atoms with Crippen molar-refractivity contribution in [2.45, 2.75) is 19.9 Å². The summed E-state index contributed by atoms with van der Waals surface area (Å²) in [5, 5.41) is 17.6. The first kappa shape index (κ1) is 21.3. The molecule has 8 heteroatoms. The number of halogens is 1. The molecule has 0 atom stereocenters. The number of carbonyl (C=O) groups excluding carboxylic acids is 2. The summed E-state index contributed by atoms with van der Waals surface area (Å²) in [4.78, 5) is 27.1. The van der Waals surface area contributed by atoms with Gasteiger partial charge in [0.15, 0.2) is 0 Å². The largest absolute Gasteiger partial charge is 0.507 e. The molecule has 0 unspecified atom stereocenters. The first-order valence-corrected chi connectivity index (χ1v) is 10.1. The van der Waals surface area contributed by atoms with Gasteiger partial charge in [-0.25, -0.2) is 4.39 Å². The van der Waals surface area contributed by atoms with Gasteiger partial charge in [0.25, 0.3) is 5.91 Å². The molecule has 7 nitrogen and oxygen atoms in total. The third-order valence-electron chi connectivity index (χ3n) is 5.57. The number of aromatic nitrogens is 2. The number of nitrogens with zero attached hydrogens (tertiary/aromatic N) is 3. The molecule has 1 aliphatic heterocycles. The maximum Gasteiger partial charge on any atom is 0.251 e. The molecule has 2 N–H and O–H groups in total. The number of rotatable bonds is 4. The van der Waals surface area contributed by atoms with Crippen LogP contribution in [0.2, 0.25) is 0 Å². The molecule has 4 rings (SSSR count). The lowest BCUT2D eigenvalue weighted by Gasteiger charge is -2.24. The van der Waals surface area contributed by atoms with Crippen molar-refractivity contribution in [3.05, 3.63) is 76.9 Å². The standard InChI is InChI=1S/C24H23FN4O3/c1-14-4-5-15(8-20(14)25)12-29-21-9-16(17-11-27-28(3)13-17)6-7-18(21)23(31)19(10-22(29)30)24(32)26-2/h4-9,11,13,31H,10,12H2,1-3H3,(H,26,32). The van der Waals surface area contributed by atoms with E-state index < -0.39 is 5.91 Å². The predicted octanol–water partition coefficient (Wildman–Crippen LogP) is 3.49. The highest BCUT2D eigenvalue weighted by atomic mass is 19.1. The van der Waals surface area contributed by atoms with E-state index in [-0.39, 0.29) is 36.0 Å². The molecular formula is C24H23FN4O3. The second-order valence-electron chi connectivity index (χ2n) is 7.78. The van der Waals surface area contributed by atoms with Crippen LogP contribution in [0.5, 0.6) is 0 Å². The summed E-state index contributed by atoms with van der Waals surface area (Å²) in [5.74, 6) is -1.51. The minimum Gasteiger partial charge on any atom is -0.507 e. The van der Waals surface area contributed by atoms with Crippen molar-refractivity contribution in [3.8, 4) is 11.1 Å². The van der Waals surface area contributed by atoms with E-state index in [4.69, 9.17) is 0 Å².